The molecule has 0 bridgehead atoms. The van der Waals surface area contributed by atoms with E-state index in [1.54, 1.807) is 6.07 Å². The molecule has 0 aliphatic rings. The minimum absolute atomic E-state index is 0.0382. The van der Waals surface area contributed by atoms with Crippen LogP contribution < -0.4 is 5.32 Å². The van der Waals surface area contributed by atoms with E-state index in [0.717, 1.165) is 21.4 Å². The normalized spacial score (nSPS) is 12.3. The lowest BCUT2D eigenvalue weighted by Gasteiger charge is -2.17. The molecule has 0 saturated carbocycles. The third kappa shape index (κ3) is 3.62. The maximum absolute atomic E-state index is 6.20. The number of anilines is 1. The van der Waals surface area contributed by atoms with Gasteiger partial charge < -0.3 is 5.32 Å². The second-order valence-corrected chi connectivity index (χ2v) is 6.07. The molecule has 1 N–H and O–H groups in total. The first kappa shape index (κ1) is 14.6. The molecule has 0 aliphatic carbocycles. The summed E-state index contributed by atoms with van der Waals surface area (Å²) in [6, 6.07) is 7.55. The molecule has 1 aromatic carbocycles. The molecule has 0 radical (unpaired) electrons. The smallest absolute Gasteiger partial charge is 0.140 e. The first-order chi connectivity index (χ1) is 8.97. The highest BCUT2D eigenvalue weighted by Crippen LogP contribution is 2.30. The van der Waals surface area contributed by atoms with Crippen molar-refractivity contribution in [2.45, 2.75) is 19.9 Å². The maximum Gasteiger partial charge on any atom is 0.140 e. The summed E-state index contributed by atoms with van der Waals surface area (Å²) in [5.41, 5.74) is 2.09. The monoisotopic (exact) mass is 358 g/mol. The van der Waals surface area contributed by atoms with Crippen molar-refractivity contribution >= 4 is 44.9 Å². The van der Waals surface area contributed by atoms with Gasteiger partial charge in [-0.1, -0.05) is 29.3 Å². The van der Waals surface area contributed by atoms with Crippen molar-refractivity contribution < 1.29 is 0 Å². The van der Waals surface area contributed by atoms with Crippen LogP contribution in [0.3, 0.4) is 0 Å². The van der Waals surface area contributed by atoms with Crippen LogP contribution in [0, 0.1) is 6.92 Å². The summed E-state index contributed by atoms with van der Waals surface area (Å²) in [5.74, 6) is 0.795. The van der Waals surface area contributed by atoms with E-state index in [0.29, 0.717) is 10.0 Å². The van der Waals surface area contributed by atoms with Crippen molar-refractivity contribution in [1.29, 1.82) is 0 Å². The molecule has 0 fully saturated rings. The number of nitrogens with zero attached hydrogens (tertiary/aromatic N) is 1. The van der Waals surface area contributed by atoms with Crippen LogP contribution in [0.15, 0.2) is 34.9 Å². The third-order valence-corrected chi connectivity index (χ3v) is 3.93. The molecule has 100 valence electrons. The number of hydrogen-bond acceptors (Lipinski definition) is 2. The van der Waals surface area contributed by atoms with Gasteiger partial charge >= 0.3 is 0 Å². The number of halogens is 3. The minimum Gasteiger partial charge on any atom is -0.363 e. The van der Waals surface area contributed by atoms with E-state index in [2.05, 4.69) is 26.2 Å². The standard InChI is InChI=1S/C14H13BrCl2N2/c1-8-5-12(15)14(18-7-8)19-9(2)11-4-3-10(16)6-13(11)17/h3-7,9H,1-2H3,(H,18,19). The topological polar surface area (TPSA) is 24.9 Å². The van der Waals surface area contributed by atoms with E-state index in [1.165, 1.54) is 0 Å². The summed E-state index contributed by atoms with van der Waals surface area (Å²) in [4.78, 5) is 4.36. The van der Waals surface area contributed by atoms with Gasteiger partial charge in [0.2, 0.25) is 0 Å². The quantitative estimate of drug-likeness (QED) is 0.767. The van der Waals surface area contributed by atoms with Crippen LogP contribution in [0.2, 0.25) is 10.0 Å². The summed E-state index contributed by atoms with van der Waals surface area (Å²) in [7, 11) is 0. The highest BCUT2D eigenvalue weighted by Gasteiger charge is 2.12. The highest BCUT2D eigenvalue weighted by molar-refractivity contribution is 9.10. The summed E-state index contributed by atoms with van der Waals surface area (Å²) in [6.07, 6.45) is 1.82. The summed E-state index contributed by atoms with van der Waals surface area (Å²) >= 11 is 15.6. The molecule has 1 unspecified atom stereocenters. The van der Waals surface area contributed by atoms with Gasteiger partial charge in [0.05, 0.1) is 10.5 Å². The maximum atomic E-state index is 6.20. The van der Waals surface area contributed by atoms with Gasteiger partial charge in [-0.15, -0.1) is 0 Å². The number of hydrogen-bond donors (Lipinski definition) is 1. The van der Waals surface area contributed by atoms with E-state index in [9.17, 15) is 0 Å². The van der Waals surface area contributed by atoms with Crippen LogP contribution in [0.4, 0.5) is 5.82 Å². The molecule has 1 aromatic heterocycles. The number of pyridine rings is 1. The molecule has 0 aliphatic heterocycles. The molecule has 0 amide bonds. The van der Waals surface area contributed by atoms with Crippen LogP contribution >= 0.6 is 39.1 Å². The van der Waals surface area contributed by atoms with Gasteiger partial charge in [-0.25, -0.2) is 4.98 Å². The van der Waals surface area contributed by atoms with Gasteiger partial charge in [0.15, 0.2) is 0 Å². The average molecular weight is 360 g/mol. The van der Waals surface area contributed by atoms with Crippen molar-refractivity contribution in [1.82, 2.24) is 4.98 Å². The Balaban J connectivity index is 2.23. The molecular weight excluding hydrogens is 347 g/mol. The van der Waals surface area contributed by atoms with E-state index in [-0.39, 0.29) is 6.04 Å². The van der Waals surface area contributed by atoms with Gasteiger partial charge in [0, 0.05) is 16.2 Å². The molecule has 2 nitrogen and oxygen atoms in total. The SMILES string of the molecule is Cc1cnc(NC(C)c2ccc(Cl)cc2Cl)c(Br)c1. The first-order valence-corrected chi connectivity index (χ1v) is 7.36. The zero-order valence-electron chi connectivity index (χ0n) is 10.5. The Hall–Kier alpha value is -0.770. The van der Waals surface area contributed by atoms with Crippen molar-refractivity contribution in [3.05, 3.63) is 56.1 Å². The number of aryl methyl sites for hydroxylation is 1. The average Bonchev–Trinajstić information content (AvgIpc) is 2.32. The lowest BCUT2D eigenvalue weighted by Crippen LogP contribution is -2.09. The number of nitrogens with one attached hydrogen (secondary N) is 1. The zero-order chi connectivity index (χ0) is 14.0. The Bertz CT molecular complexity index is 602. The predicted octanol–water partition coefficient (Wildman–Crippen LogP) is 5.63. The van der Waals surface area contributed by atoms with Crippen LogP contribution in [0.1, 0.15) is 24.1 Å². The Kier molecular flexibility index (Phi) is 4.71. The van der Waals surface area contributed by atoms with Gasteiger partial charge in [-0.2, -0.15) is 0 Å². The highest BCUT2D eigenvalue weighted by atomic mass is 79.9. The summed E-state index contributed by atoms with van der Waals surface area (Å²) in [6.45, 7) is 4.03. The van der Waals surface area contributed by atoms with Crippen LogP contribution in [0.5, 0.6) is 0 Å². The largest absolute Gasteiger partial charge is 0.363 e. The number of benzene rings is 1. The molecule has 2 rings (SSSR count). The molecule has 2 aromatic rings. The molecule has 0 saturated heterocycles. The zero-order valence-corrected chi connectivity index (χ0v) is 13.6. The Morgan fingerprint density at radius 2 is 2.00 bits per heavy atom. The molecule has 5 heteroatoms. The van der Waals surface area contributed by atoms with Gasteiger partial charge in [-0.3, -0.25) is 0 Å². The van der Waals surface area contributed by atoms with Crippen LogP contribution in [0.25, 0.3) is 0 Å². The summed E-state index contributed by atoms with van der Waals surface area (Å²) in [5, 5.41) is 4.61. The van der Waals surface area contributed by atoms with Crippen molar-refractivity contribution in [2.75, 3.05) is 5.32 Å². The van der Waals surface area contributed by atoms with Crippen molar-refractivity contribution in [3.8, 4) is 0 Å². The number of rotatable bonds is 3. The Labute approximate surface area is 131 Å². The van der Waals surface area contributed by atoms with Crippen molar-refractivity contribution in [3.63, 3.8) is 0 Å². The fourth-order valence-corrected chi connectivity index (χ4v) is 2.93. The minimum atomic E-state index is 0.0382. The van der Waals surface area contributed by atoms with Gasteiger partial charge in [0.25, 0.3) is 0 Å². The Morgan fingerprint density at radius 1 is 1.26 bits per heavy atom. The molecule has 0 spiro atoms. The third-order valence-electron chi connectivity index (χ3n) is 2.76. The first-order valence-electron chi connectivity index (χ1n) is 5.81. The Morgan fingerprint density at radius 3 is 2.63 bits per heavy atom. The predicted molar refractivity (Wildman–Crippen MR) is 85.2 cm³/mol. The van der Waals surface area contributed by atoms with Crippen LogP contribution in [-0.4, -0.2) is 4.98 Å². The molecular formula is C14H13BrCl2N2. The fraction of sp³-hybridized carbons (Fsp3) is 0.214. The fourth-order valence-electron chi connectivity index (χ4n) is 1.78. The van der Waals surface area contributed by atoms with Gasteiger partial charge in [0.1, 0.15) is 5.82 Å². The van der Waals surface area contributed by atoms with Gasteiger partial charge in [-0.05, 0) is 59.1 Å². The summed E-state index contributed by atoms with van der Waals surface area (Å²) < 4.78 is 0.935. The second-order valence-electron chi connectivity index (χ2n) is 4.37. The van der Waals surface area contributed by atoms with Crippen molar-refractivity contribution in [2.24, 2.45) is 0 Å². The second kappa shape index (κ2) is 6.12. The lowest BCUT2D eigenvalue weighted by molar-refractivity contribution is 0.872. The molecule has 19 heavy (non-hydrogen) atoms. The van der Waals surface area contributed by atoms with E-state index < -0.39 is 0 Å². The molecule has 1 atom stereocenters. The number of aromatic nitrogens is 1. The molecule has 1 heterocycles. The lowest BCUT2D eigenvalue weighted by atomic mass is 10.1. The van der Waals surface area contributed by atoms with Crippen LogP contribution in [-0.2, 0) is 0 Å². The van der Waals surface area contributed by atoms with E-state index in [1.807, 2.05) is 38.2 Å². The van der Waals surface area contributed by atoms with E-state index in [4.69, 9.17) is 23.2 Å². The van der Waals surface area contributed by atoms with E-state index >= 15 is 0 Å².